The number of rotatable bonds is 6. The van der Waals surface area contributed by atoms with Crippen LogP contribution in [0.2, 0.25) is 0 Å². The Morgan fingerprint density at radius 2 is 2.04 bits per heavy atom. The molecule has 2 N–H and O–H groups in total. The minimum atomic E-state index is -0.614. The molecule has 0 saturated heterocycles. The summed E-state index contributed by atoms with van der Waals surface area (Å²) in [5.74, 6) is 0.0557. The number of furan rings is 1. The lowest BCUT2D eigenvalue weighted by Gasteiger charge is -2.11. The number of fused-ring (bicyclic) bond motifs is 1. The maximum Gasteiger partial charge on any atom is 0.321 e. The third-order valence-corrected chi connectivity index (χ3v) is 4.71. The number of thioether (sulfide) groups is 1. The number of amides is 3. The summed E-state index contributed by atoms with van der Waals surface area (Å²) in [7, 11) is 0. The fourth-order valence-electron chi connectivity index (χ4n) is 2.45. The Bertz CT molecular complexity index is 1010. The van der Waals surface area contributed by atoms with Gasteiger partial charge in [-0.15, -0.1) is 0 Å². The third kappa shape index (κ3) is 4.56. The Kier molecular flexibility index (Phi) is 5.92. The molecule has 0 saturated carbocycles. The van der Waals surface area contributed by atoms with E-state index in [2.05, 4.69) is 15.6 Å². The molecule has 3 amide bonds. The lowest BCUT2D eigenvalue weighted by Crippen LogP contribution is -2.40. The zero-order chi connectivity index (χ0) is 19.2. The molecule has 0 bridgehead atoms. The molecule has 0 fully saturated rings. The van der Waals surface area contributed by atoms with E-state index in [9.17, 15) is 14.4 Å². The lowest BCUT2D eigenvalue weighted by atomic mass is 10.2. The molecule has 0 aliphatic rings. The van der Waals surface area contributed by atoms with E-state index >= 15 is 0 Å². The molecule has 3 aromatic rings. The van der Waals surface area contributed by atoms with E-state index in [0.717, 1.165) is 11.8 Å². The standard InChI is InChI=1S/C18H18N4O4S/c1-2-22-16(24)13-7-3-4-8-14(13)20-18(22)27-11-15(23)21-17(25)19-10-12-6-5-9-26-12/h3-9H,2,10-11H2,1H3,(H2,19,21,23,25). The number of para-hydroxylation sites is 1. The number of carbonyl (C=O) groups is 2. The lowest BCUT2D eigenvalue weighted by molar-refractivity contribution is -0.117. The average molecular weight is 386 g/mol. The number of carbonyl (C=O) groups excluding carboxylic acids is 2. The number of hydrogen-bond donors (Lipinski definition) is 2. The van der Waals surface area contributed by atoms with Crippen molar-refractivity contribution in [3.63, 3.8) is 0 Å². The summed E-state index contributed by atoms with van der Waals surface area (Å²) in [6, 6.07) is 9.87. The van der Waals surface area contributed by atoms with Crippen molar-refractivity contribution in [2.24, 2.45) is 0 Å². The summed E-state index contributed by atoms with van der Waals surface area (Å²) in [6.07, 6.45) is 1.50. The summed E-state index contributed by atoms with van der Waals surface area (Å²) in [5.41, 5.74) is 0.425. The fraction of sp³-hybridized carbons (Fsp3) is 0.222. The number of nitrogens with one attached hydrogen (secondary N) is 2. The van der Waals surface area contributed by atoms with Gasteiger partial charge in [0.1, 0.15) is 5.76 Å². The maximum atomic E-state index is 12.5. The van der Waals surface area contributed by atoms with Gasteiger partial charge >= 0.3 is 6.03 Å². The van der Waals surface area contributed by atoms with Crippen LogP contribution < -0.4 is 16.2 Å². The van der Waals surface area contributed by atoms with Crippen LogP contribution in [0.1, 0.15) is 12.7 Å². The second-order valence-electron chi connectivity index (χ2n) is 5.56. The van der Waals surface area contributed by atoms with Gasteiger partial charge in [-0.1, -0.05) is 23.9 Å². The zero-order valence-corrected chi connectivity index (χ0v) is 15.4. The summed E-state index contributed by atoms with van der Waals surface area (Å²) in [4.78, 5) is 40.7. The summed E-state index contributed by atoms with van der Waals surface area (Å²) in [6.45, 7) is 2.45. The molecule has 0 atom stereocenters. The first-order valence-corrected chi connectivity index (χ1v) is 9.29. The van der Waals surface area contributed by atoms with E-state index in [1.54, 1.807) is 36.4 Å². The number of imide groups is 1. The van der Waals surface area contributed by atoms with Gasteiger partial charge in [0.05, 0.1) is 29.5 Å². The van der Waals surface area contributed by atoms with Crippen LogP contribution in [0.3, 0.4) is 0 Å². The van der Waals surface area contributed by atoms with Crippen LogP contribution >= 0.6 is 11.8 Å². The molecule has 1 aromatic carbocycles. The van der Waals surface area contributed by atoms with Crippen molar-refractivity contribution in [3.8, 4) is 0 Å². The average Bonchev–Trinajstić information content (AvgIpc) is 3.18. The molecule has 8 nitrogen and oxygen atoms in total. The molecule has 0 spiro atoms. The van der Waals surface area contributed by atoms with E-state index in [-0.39, 0.29) is 17.9 Å². The van der Waals surface area contributed by atoms with Crippen molar-refractivity contribution >= 4 is 34.6 Å². The molecule has 2 heterocycles. The minimum absolute atomic E-state index is 0.0427. The van der Waals surface area contributed by atoms with Crippen molar-refractivity contribution in [2.45, 2.75) is 25.2 Å². The highest BCUT2D eigenvalue weighted by atomic mass is 32.2. The van der Waals surface area contributed by atoms with Gasteiger partial charge in [-0.05, 0) is 31.2 Å². The van der Waals surface area contributed by atoms with Crippen LogP contribution in [0.4, 0.5) is 4.79 Å². The quantitative estimate of drug-likeness (QED) is 0.497. The van der Waals surface area contributed by atoms with Crippen LogP contribution in [0.25, 0.3) is 10.9 Å². The van der Waals surface area contributed by atoms with Crippen molar-refractivity contribution in [2.75, 3.05) is 5.75 Å². The zero-order valence-electron chi connectivity index (χ0n) is 14.6. The van der Waals surface area contributed by atoms with Gasteiger partial charge in [0.2, 0.25) is 5.91 Å². The maximum absolute atomic E-state index is 12.5. The molecule has 27 heavy (non-hydrogen) atoms. The van der Waals surface area contributed by atoms with E-state index in [4.69, 9.17) is 4.42 Å². The van der Waals surface area contributed by atoms with Crippen LogP contribution in [0.5, 0.6) is 0 Å². The number of hydrogen-bond acceptors (Lipinski definition) is 6. The van der Waals surface area contributed by atoms with E-state index in [1.165, 1.54) is 10.8 Å². The van der Waals surface area contributed by atoms with Crippen LogP contribution in [0, 0.1) is 0 Å². The highest BCUT2D eigenvalue weighted by Gasteiger charge is 2.13. The molecule has 140 valence electrons. The van der Waals surface area contributed by atoms with Crippen LogP contribution in [-0.4, -0.2) is 27.2 Å². The molecule has 9 heteroatoms. The van der Waals surface area contributed by atoms with E-state index in [0.29, 0.717) is 28.4 Å². The Morgan fingerprint density at radius 1 is 1.22 bits per heavy atom. The van der Waals surface area contributed by atoms with Crippen LogP contribution in [-0.2, 0) is 17.9 Å². The fourth-order valence-corrected chi connectivity index (χ4v) is 3.32. The normalized spacial score (nSPS) is 10.7. The second-order valence-corrected chi connectivity index (χ2v) is 6.50. The predicted molar refractivity (Wildman–Crippen MR) is 101 cm³/mol. The summed E-state index contributed by atoms with van der Waals surface area (Å²) in [5, 5.41) is 5.73. The minimum Gasteiger partial charge on any atom is -0.467 e. The monoisotopic (exact) mass is 386 g/mol. The molecule has 0 aliphatic carbocycles. The van der Waals surface area contributed by atoms with E-state index in [1.807, 2.05) is 6.92 Å². The van der Waals surface area contributed by atoms with Crippen molar-refractivity contribution in [1.82, 2.24) is 20.2 Å². The third-order valence-electron chi connectivity index (χ3n) is 3.73. The molecule has 0 aliphatic heterocycles. The number of nitrogens with zero attached hydrogens (tertiary/aromatic N) is 2. The first-order chi connectivity index (χ1) is 13.1. The van der Waals surface area contributed by atoms with Crippen molar-refractivity contribution in [3.05, 3.63) is 58.8 Å². The van der Waals surface area contributed by atoms with Crippen molar-refractivity contribution in [1.29, 1.82) is 0 Å². The molecular weight excluding hydrogens is 368 g/mol. The van der Waals surface area contributed by atoms with Gasteiger partial charge in [0.25, 0.3) is 5.56 Å². The topological polar surface area (TPSA) is 106 Å². The molecule has 0 unspecified atom stereocenters. The van der Waals surface area contributed by atoms with Crippen LogP contribution in [0.15, 0.2) is 57.0 Å². The highest BCUT2D eigenvalue weighted by Crippen LogP contribution is 2.17. The second kappa shape index (κ2) is 8.54. The molecular formula is C18H18N4O4S. The molecule has 0 radical (unpaired) electrons. The van der Waals surface area contributed by atoms with E-state index < -0.39 is 11.9 Å². The molecule has 3 rings (SSSR count). The summed E-state index contributed by atoms with van der Waals surface area (Å²) >= 11 is 1.11. The predicted octanol–water partition coefficient (Wildman–Crippen LogP) is 2.13. The first-order valence-electron chi connectivity index (χ1n) is 8.31. The number of benzene rings is 1. The van der Waals surface area contributed by atoms with Gasteiger partial charge in [0.15, 0.2) is 5.16 Å². The van der Waals surface area contributed by atoms with Gasteiger partial charge in [-0.3, -0.25) is 19.5 Å². The summed E-state index contributed by atoms with van der Waals surface area (Å²) < 4.78 is 6.61. The molecule has 2 aromatic heterocycles. The number of urea groups is 1. The highest BCUT2D eigenvalue weighted by molar-refractivity contribution is 7.99. The van der Waals surface area contributed by atoms with Gasteiger partial charge < -0.3 is 9.73 Å². The number of aromatic nitrogens is 2. The SMILES string of the molecule is CCn1c(SCC(=O)NC(=O)NCc2ccco2)nc2ccccc2c1=O. The Labute approximate surface area is 159 Å². The van der Waals surface area contributed by atoms with Gasteiger partial charge in [0, 0.05) is 6.54 Å². The van der Waals surface area contributed by atoms with Gasteiger partial charge in [-0.25, -0.2) is 9.78 Å². The Balaban J connectivity index is 1.61. The Morgan fingerprint density at radius 3 is 2.78 bits per heavy atom. The first kappa shape index (κ1) is 18.7. The van der Waals surface area contributed by atoms with Gasteiger partial charge in [-0.2, -0.15) is 0 Å². The smallest absolute Gasteiger partial charge is 0.321 e. The Hall–Kier alpha value is -3.07. The van der Waals surface area contributed by atoms with Crippen molar-refractivity contribution < 1.29 is 14.0 Å². The largest absolute Gasteiger partial charge is 0.467 e.